The Morgan fingerprint density at radius 1 is 1.12 bits per heavy atom. The fourth-order valence-corrected chi connectivity index (χ4v) is 2.68. The SMILES string of the molecule is COCCNCC(=O)N1CCN(C(=O)c2ccc(Br)cc2)CC1.Cl. The summed E-state index contributed by atoms with van der Waals surface area (Å²) in [7, 11) is 1.63. The molecule has 0 atom stereocenters. The molecule has 1 aromatic rings. The summed E-state index contributed by atoms with van der Waals surface area (Å²) in [6.45, 7) is 3.84. The molecule has 2 amide bonds. The number of rotatable bonds is 6. The van der Waals surface area contributed by atoms with Crippen molar-refractivity contribution in [3.8, 4) is 0 Å². The van der Waals surface area contributed by atoms with E-state index in [4.69, 9.17) is 4.74 Å². The average molecular weight is 421 g/mol. The lowest BCUT2D eigenvalue weighted by molar-refractivity contribution is -0.131. The number of nitrogens with one attached hydrogen (secondary N) is 1. The number of carbonyl (C=O) groups is 2. The molecule has 24 heavy (non-hydrogen) atoms. The second-order valence-electron chi connectivity index (χ2n) is 5.35. The van der Waals surface area contributed by atoms with Crippen molar-refractivity contribution in [3.63, 3.8) is 0 Å². The number of amides is 2. The molecule has 0 aromatic heterocycles. The first kappa shape index (κ1) is 20.9. The van der Waals surface area contributed by atoms with Crippen molar-refractivity contribution in [2.45, 2.75) is 0 Å². The van der Waals surface area contributed by atoms with E-state index in [1.165, 1.54) is 0 Å². The summed E-state index contributed by atoms with van der Waals surface area (Å²) in [6, 6.07) is 7.34. The van der Waals surface area contributed by atoms with Crippen LogP contribution in [0.25, 0.3) is 0 Å². The first-order valence-electron chi connectivity index (χ1n) is 7.64. The van der Waals surface area contributed by atoms with Gasteiger partial charge < -0.3 is 19.9 Å². The van der Waals surface area contributed by atoms with E-state index in [9.17, 15) is 9.59 Å². The number of piperazine rings is 1. The minimum absolute atomic E-state index is 0. The summed E-state index contributed by atoms with van der Waals surface area (Å²) in [5, 5.41) is 3.05. The summed E-state index contributed by atoms with van der Waals surface area (Å²) in [4.78, 5) is 28.1. The monoisotopic (exact) mass is 419 g/mol. The maximum absolute atomic E-state index is 12.4. The van der Waals surface area contributed by atoms with Gasteiger partial charge in [0.25, 0.3) is 5.91 Å². The number of nitrogens with zero attached hydrogens (tertiary/aromatic N) is 2. The highest BCUT2D eigenvalue weighted by molar-refractivity contribution is 9.10. The minimum Gasteiger partial charge on any atom is -0.383 e. The topological polar surface area (TPSA) is 61.9 Å². The van der Waals surface area contributed by atoms with Crippen LogP contribution in [0.1, 0.15) is 10.4 Å². The third kappa shape index (κ3) is 6.05. The normalized spacial score (nSPS) is 14.2. The van der Waals surface area contributed by atoms with Gasteiger partial charge in [-0.3, -0.25) is 9.59 Å². The van der Waals surface area contributed by atoms with Crippen molar-refractivity contribution in [3.05, 3.63) is 34.3 Å². The molecule has 1 saturated heterocycles. The summed E-state index contributed by atoms with van der Waals surface area (Å²) >= 11 is 3.36. The van der Waals surface area contributed by atoms with E-state index in [0.717, 1.165) is 4.47 Å². The molecule has 1 heterocycles. The van der Waals surface area contributed by atoms with Gasteiger partial charge in [0.05, 0.1) is 13.2 Å². The summed E-state index contributed by atoms with van der Waals surface area (Å²) in [5.74, 6) is 0.0830. The maximum atomic E-state index is 12.4. The van der Waals surface area contributed by atoms with Gasteiger partial charge in [0.2, 0.25) is 5.91 Å². The molecule has 8 heteroatoms. The third-order valence-electron chi connectivity index (χ3n) is 3.77. The molecule has 6 nitrogen and oxygen atoms in total. The lowest BCUT2D eigenvalue weighted by Gasteiger charge is -2.35. The van der Waals surface area contributed by atoms with Crippen LogP contribution < -0.4 is 5.32 Å². The van der Waals surface area contributed by atoms with E-state index >= 15 is 0 Å². The highest BCUT2D eigenvalue weighted by atomic mass is 79.9. The van der Waals surface area contributed by atoms with Crippen LogP contribution in [0.2, 0.25) is 0 Å². The van der Waals surface area contributed by atoms with Gasteiger partial charge in [-0.25, -0.2) is 0 Å². The summed E-state index contributed by atoms with van der Waals surface area (Å²) < 4.78 is 5.87. The van der Waals surface area contributed by atoms with Crippen molar-refractivity contribution >= 4 is 40.2 Å². The van der Waals surface area contributed by atoms with Gasteiger partial charge in [-0.05, 0) is 24.3 Å². The first-order chi connectivity index (χ1) is 11.1. The molecule has 0 saturated carbocycles. The van der Waals surface area contributed by atoms with Crippen LogP contribution in [0.3, 0.4) is 0 Å². The fraction of sp³-hybridized carbons (Fsp3) is 0.500. The Morgan fingerprint density at radius 2 is 1.71 bits per heavy atom. The first-order valence-corrected chi connectivity index (χ1v) is 8.43. The maximum Gasteiger partial charge on any atom is 0.253 e. The molecule has 1 N–H and O–H groups in total. The predicted octanol–water partition coefficient (Wildman–Crippen LogP) is 1.39. The van der Waals surface area contributed by atoms with E-state index in [1.54, 1.807) is 16.9 Å². The Bertz CT molecular complexity index is 534. The molecule has 134 valence electrons. The van der Waals surface area contributed by atoms with Crippen LogP contribution in [-0.4, -0.2) is 74.6 Å². The number of halogens is 2. The lowest BCUT2D eigenvalue weighted by atomic mass is 10.2. The number of hydrogen-bond acceptors (Lipinski definition) is 4. The summed E-state index contributed by atoms with van der Waals surface area (Å²) in [6.07, 6.45) is 0. The zero-order chi connectivity index (χ0) is 16.7. The molecule has 2 rings (SSSR count). The largest absolute Gasteiger partial charge is 0.383 e. The molecular weight excluding hydrogens is 398 g/mol. The highest BCUT2D eigenvalue weighted by Gasteiger charge is 2.24. The second kappa shape index (κ2) is 10.7. The van der Waals surface area contributed by atoms with E-state index in [0.29, 0.717) is 51.4 Å². The summed E-state index contributed by atoms with van der Waals surface area (Å²) in [5.41, 5.74) is 0.675. The molecule has 0 aliphatic carbocycles. The highest BCUT2D eigenvalue weighted by Crippen LogP contribution is 2.13. The third-order valence-corrected chi connectivity index (χ3v) is 4.30. The quantitative estimate of drug-likeness (QED) is 0.707. The molecule has 1 aliphatic heterocycles. The Labute approximate surface area is 157 Å². The van der Waals surface area contributed by atoms with Gasteiger partial charge >= 0.3 is 0 Å². The van der Waals surface area contributed by atoms with E-state index in [1.807, 2.05) is 24.3 Å². The van der Waals surface area contributed by atoms with Crippen LogP contribution in [0.15, 0.2) is 28.7 Å². The van der Waals surface area contributed by atoms with Gasteiger partial charge in [0, 0.05) is 49.9 Å². The van der Waals surface area contributed by atoms with Crippen LogP contribution in [0.5, 0.6) is 0 Å². The molecule has 1 aliphatic rings. The van der Waals surface area contributed by atoms with Crippen LogP contribution >= 0.6 is 28.3 Å². The fourth-order valence-electron chi connectivity index (χ4n) is 2.42. The van der Waals surface area contributed by atoms with Crippen molar-refractivity contribution in [2.24, 2.45) is 0 Å². The van der Waals surface area contributed by atoms with Gasteiger partial charge in [-0.15, -0.1) is 12.4 Å². The second-order valence-corrected chi connectivity index (χ2v) is 6.27. The number of hydrogen-bond donors (Lipinski definition) is 1. The van der Waals surface area contributed by atoms with E-state index in [2.05, 4.69) is 21.2 Å². The van der Waals surface area contributed by atoms with Crippen molar-refractivity contribution in [1.29, 1.82) is 0 Å². The average Bonchev–Trinajstić information content (AvgIpc) is 2.59. The Balaban J connectivity index is 0.00000288. The number of ether oxygens (including phenoxy) is 1. The van der Waals surface area contributed by atoms with Crippen molar-refractivity contribution < 1.29 is 14.3 Å². The Hall–Kier alpha value is -1.15. The molecule has 1 fully saturated rings. The molecule has 1 aromatic carbocycles. The number of benzene rings is 1. The van der Waals surface area contributed by atoms with Crippen LogP contribution in [0.4, 0.5) is 0 Å². The smallest absolute Gasteiger partial charge is 0.253 e. The number of carbonyl (C=O) groups excluding carboxylic acids is 2. The lowest BCUT2D eigenvalue weighted by Crippen LogP contribution is -2.52. The van der Waals surface area contributed by atoms with E-state index in [-0.39, 0.29) is 24.2 Å². The van der Waals surface area contributed by atoms with Gasteiger partial charge in [0.15, 0.2) is 0 Å². The molecular formula is C16H23BrClN3O3. The zero-order valence-corrected chi connectivity index (χ0v) is 16.1. The predicted molar refractivity (Wildman–Crippen MR) is 98.6 cm³/mol. The zero-order valence-electron chi connectivity index (χ0n) is 13.7. The van der Waals surface area contributed by atoms with Crippen LogP contribution in [0, 0.1) is 0 Å². The van der Waals surface area contributed by atoms with Gasteiger partial charge in [-0.1, -0.05) is 15.9 Å². The standard InChI is InChI=1S/C16H22BrN3O3.ClH/c1-23-11-6-18-12-15(21)19-7-9-20(10-8-19)16(22)13-2-4-14(17)5-3-13;/h2-5,18H,6-12H2,1H3;1H. The van der Waals surface area contributed by atoms with Gasteiger partial charge in [-0.2, -0.15) is 0 Å². The Kier molecular flexibility index (Phi) is 9.28. The van der Waals surface area contributed by atoms with E-state index < -0.39 is 0 Å². The Morgan fingerprint density at radius 3 is 2.29 bits per heavy atom. The van der Waals surface area contributed by atoms with Crippen molar-refractivity contribution in [1.82, 2.24) is 15.1 Å². The van der Waals surface area contributed by atoms with Crippen molar-refractivity contribution in [2.75, 3.05) is 53.0 Å². The molecule has 0 bridgehead atoms. The molecule has 0 spiro atoms. The van der Waals surface area contributed by atoms with Crippen LogP contribution in [-0.2, 0) is 9.53 Å². The molecule has 0 radical (unpaired) electrons. The molecule has 0 unspecified atom stereocenters. The number of methoxy groups -OCH3 is 1. The van der Waals surface area contributed by atoms with Gasteiger partial charge in [0.1, 0.15) is 0 Å². The minimum atomic E-state index is 0.